The van der Waals surface area contributed by atoms with E-state index >= 15 is 0 Å². The largest absolute Gasteiger partial charge is 0.349 e. The van der Waals surface area contributed by atoms with Gasteiger partial charge in [0.15, 0.2) is 0 Å². The molecule has 3 heteroatoms. The molecule has 0 radical (unpaired) electrons. The Labute approximate surface area is 145 Å². The molecule has 2 aromatic rings. The smallest absolute Gasteiger partial charge is 0.253 e. The molecule has 1 aliphatic rings. The minimum Gasteiger partial charge on any atom is -0.349 e. The van der Waals surface area contributed by atoms with Crippen LogP contribution in [0.15, 0.2) is 30.3 Å². The second-order valence-corrected chi connectivity index (χ2v) is 7.39. The molecule has 1 amide bonds. The molecule has 0 spiro atoms. The standard InChI is InChI=1S/C21H28N2O/c1-14-5-9-18(10-6-14)22-21(24)20-13-16(3)23(17(20)4)19-11-7-15(2)8-12-19/h7-8,11-14,18H,5-6,9-10H2,1-4H3,(H,22,24). The highest BCUT2D eigenvalue weighted by Gasteiger charge is 2.22. The SMILES string of the molecule is Cc1ccc(-n2c(C)cc(C(=O)NC3CCC(C)CC3)c2C)cc1. The molecule has 0 saturated heterocycles. The Morgan fingerprint density at radius 3 is 2.29 bits per heavy atom. The molecule has 3 rings (SSSR count). The van der Waals surface area contributed by atoms with Gasteiger partial charge in [-0.15, -0.1) is 0 Å². The predicted molar refractivity (Wildman–Crippen MR) is 98.9 cm³/mol. The van der Waals surface area contributed by atoms with Crippen LogP contribution >= 0.6 is 0 Å². The highest BCUT2D eigenvalue weighted by Crippen LogP contribution is 2.25. The van der Waals surface area contributed by atoms with E-state index in [9.17, 15) is 4.79 Å². The third-order valence-corrected chi connectivity index (χ3v) is 5.32. The normalized spacial score (nSPS) is 20.8. The maximum Gasteiger partial charge on any atom is 0.253 e. The summed E-state index contributed by atoms with van der Waals surface area (Å²) in [5.41, 5.74) is 5.26. The van der Waals surface area contributed by atoms with Crippen molar-refractivity contribution in [3.8, 4) is 5.69 Å². The average molecular weight is 324 g/mol. The first-order chi connectivity index (χ1) is 11.5. The summed E-state index contributed by atoms with van der Waals surface area (Å²) in [6.45, 7) is 8.48. The van der Waals surface area contributed by atoms with Crippen LogP contribution in [0, 0.1) is 26.7 Å². The Kier molecular flexibility index (Phi) is 4.79. The van der Waals surface area contributed by atoms with Gasteiger partial charge in [0, 0.05) is 23.1 Å². The lowest BCUT2D eigenvalue weighted by atomic mass is 9.87. The van der Waals surface area contributed by atoms with Crippen LogP contribution in [0.25, 0.3) is 5.69 Å². The van der Waals surface area contributed by atoms with E-state index in [1.54, 1.807) is 0 Å². The zero-order valence-electron chi connectivity index (χ0n) is 15.2. The van der Waals surface area contributed by atoms with E-state index in [0.717, 1.165) is 41.4 Å². The highest BCUT2D eigenvalue weighted by atomic mass is 16.1. The molecule has 0 bridgehead atoms. The van der Waals surface area contributed by atoms with Gasteiger partial charge in [-0.25, -0.2) is 0 Å². The molecule has 0 aliphatic heterocycles. The zero-order valence-corrected chi connectivity index (χ0v) is 15.2. The van der Waals surface area contributed by atoms with Gasteiger partial charge in [-0.1, -0.05) is 24.6 Å². The molecular weight excluding hydrogens is 296 g/mol. The van der Waals surface area contributed by atoms with Crippen LogP contribution in [0.5, 0.6) is 0 Å². The van der Waals surface area contributed by atoms with Crippen molar-refractivity contribution in [3.05, 3.63) is 52.8 Å². The minimum absolute atomic E-state index is 0.0704. The van der Waals surface area contributed by atoms with Gasteiger partial charge in [0.1, 0.15) is 0 Å². The summed E-state index contributed by atoms with van der Waals surface area (Å²) in [5.74, 6) is 0.866. The van der Waals surface area contributed by atoms with E-state index in [2.05, 4.69) is 54.9 Å². The first kappa shape index (κ1) is 16.8. The lowest BCUT2D eigenvalue weighted by molar-refractivity contribution is 0.0922. The zero-order chi connectivity index (χ0) is 17.3. The van der Waals surface area contributed by atoms with E-state index in [1.807, 2.05) is 13.0 Å². The third-order valence-electron chi connectivity index (χ3n) is 5.32. The van der Waals surface area contributed by atoms with E-state index in [1.165, 1.54) is 18.4 Å². The van der Waals surface area contributed by atoms with Gasteiger partial charge in [0.25, 0.3) is 5.91 Å². The molecule has 1 aromatic heterocycles. The maximum absolute atomic E-state index is 12.7. The average Bonchev–Trinajstić information content (AvgIpc) is 2.85. The number of aryl methyl sites for hydroxylation is 2. The number of nitrogens with zero attached hydrogens (tertiary/aromatic N) is 1. The summed E-state index contributed by atoms with van der Waals surface area (Å²) < 4.78 is 2.16. The fourth-order valence-electron chi connectivity index (χ4n) is 3.75. The summed E-state index contributed by atoms with van der Waals surface area (Å²) in [4.78, 5) is 12.7. The Morgan fingerprint density at radius 1 is 1.04 bits per heavy atom. The van der Waals surface area contributed by atoms with Crippen molar-refractivity contribution < 1.29 is 4.79 Å². The van der Waals surface area contributed by atoms with Crippen LogP contribution in [0.2, 0.25) is 0 Å². The molecule has 0 atom stereocenters. The van der Waals surface area contributed by atoms with Gasteiger partial charge in [0.2, 0.25) is 0 Å². The van der Waals surface area contributed by atoms with Gasteiger partial charge in [-0.2, -0.15) is 0 Å². The minimum atomic E-state index is 0.0704. The van der Waals surface area contributed by atoms with Crippen LogP contribution in [0.1, 0.15) is 59.9 Å². The van der Waals surface area contributed by atoms with Crippen LogP contribution in [0.4, 0.5) is 0 Å². The quantitative estimate of drug-likeness (QED) is 0.871. The molecule has 128 valence electrons. The number of carbonyl (C=O) groups excluding carboxylic acids is 1. The van der Waals surface area contributed by atoms with Gasteiger partial charge < -0.3 is 9.88 Å². The molecule has 1 N–H and O–H groups in total. The molecule has 3 nitrogen and oxygen atoms in total. The van der Waals surface area contributed by atoms with Crippen LogP contribution in [0.3, 0.4) is 0 Å². The number of benzene rings is 1. The molecule has 24 heavy (non-hydrogen) atoms. The van der Waals surface area contributed by atoms with Crippen molar-refractivity contribution in [1.29, 1.82) is 0 Å². The van der Waals surface area contributed by atoms with Gasteiger partial charge in [0.05, 0.1) is 5.56 Å². The predicted octanol–water partition coefficient (Wildman–Crippen LogP) is 4.71. The highest BCUT2D eigenvalue weighted by molar-refractivity contribution is 5.96. The Balaban J connectivity index is 1.80. The van der Waals surface area contributed by atoms with Crippen LogP contribution in [-0.2, 0) is 0 Å². The molecule has 1 heterocycles. The summed E-state index contributed by atoms with van der Waals surface area (Å²) in [7, 11) is 0. The number of amides is 1. The van der Waals surface area contributed by atoms with Crippen molar-refractivity contribution >= 4 is 5.91 Å². The number of carbonyl (C=O) groups is 1. The van der Waals surface area contributed by atoms with Crippen molar-refractivity contribution in [2.75, 3.05) is 0 Å². The Morgan fingerprint density at radius 2 is 1.67 bits per heavy atom. The topological polar surface area (TPSA) is 34.0 Å². The van der Waals surface area contributed by atoms with E-state index < -0.39 is 0 Å². The first-order valence-corrected chi connectivity index (χ1v) is 9.02. The van der Waals surface area contributed by atoms with Crippen molar-refractivity contribution in [2.24, 2.45) is 5.92 Å². The van der Waals surface area contributed by atoms with E-state index in [0.29, 0.717) is 6.04 Å². The van der Waals surface area contributed by atoms with Gasteiger partial charge >= 0.3 is 0 Å². The van der Waals surface area contributed by atoms with Gasteiger partial charge in [-0.05, 0) is 70.6 Å². The Bertz CT molecular complexity index is 719. The Hall–Kier alpha value is -2.03. The summed E-state index contributed by atoms with van der Waals surface area (Å²) in [6.07, 6.45) is 4.63. The maximum atomic E-state index is 12.7. The first-order valence-electron chi connectivity index (χ1n) is 9.02. The molecule has 1 fully saturated rings. The fraction of sp³-hybridized carbons (Fsp3) is 0.476. The van der Waals surface area contributed by atoms with Crippen molar-refractivity contribution in [1.82, 2.24) is 9.88 Å². The molecule has 1 aromatic carbocycles. The second kappa shape index (κ2) is 6.84. The molecule has 1 aliphatic carbocycles. The second-order valence-electron chi connectivity index (χ2n) is 7.39. The lowest BCUT2D eigenvalue weighted by Crippen LogP contribution is -2.37. The fourth-order valence-corrected chi connectivity index (χ4v) is 3.75. The summed E-state index contributed by atoms with van der Waals surface area (Å²) in [5, 5.41) is 3.25. The number of hydrogen-bond donors (Lipinski definition) is 1. The molecule has 1 saturated carbocycles. The molecular formula is C21H28N2O. The van der Waals surface area contributed by atoms with Crippen LogP contribution in [-0.4, -0.2) is 16.5 Å². The summed E-state index contributed by atoms with van der Waals surface area (Å²) in [6, 6.07) is 10.8. The number of hydrogen-bond acceptors (Lipinski definition) is 1. The monoisotopic (exact) mass is 324 g/mol. The van der Waals surface area contributed by atoms with Crippen molar-refractivity contribution in [3.63, 3.8) is 0 Å². The van der Waals surface area contributed by atoms with E-state index in [-0.39, 0.29) is 5.91 Å². The van der Waals surface area contributed by atoms with Crippen LogP contribution < -0.4 is 5.32 Å². The number of aromatic nitrogens is 1. The van der Waals surface area contributed by atoms with Crippen molar-refractivity contribution in [2.45, 2.75) is 59.4 Å². The lowest BCUT2D eigenvalue weighted by Gasteiger charge is -2.26. The summed E-state index contributed by atoms with van der Waals surface area (Å²) >= 11 is 0. The van der Waals surface area contributed by atoms with E-state index in [4.69, 9.17) is 0 Å². The number of nitrogens with one attached hydrogen (secondary N) is 1. The molecule has 0 unspecified atom stereocenters. The van der Waals surface area contributed by atoms with Gasteiger partial charge in [-0.3, -0.25) is 4.79 Å². The number of rotatable bonds is 3. The third kappa shape index (κ3) is 3.40.